The summed E-state index contributed by atoms with van der Waals surface area (Å²) < 4.78 is 0.997. The monoisotopic (exact) mass is 423 g/mol. The van der Waals surface area contributed by atoms with Crippen LogP contribution in [0.5, 0.6) is 0 Å². The Morgan fingerprint density at radius 2 is 1.89 bits per heavy atom. The molecule has 138 valence electrons. The minimum absolute atomic E-state index is 0.0111. The lowest BCUT2D eigenvalue weighted by Crippen LogP contribution is -2.28. The molecule has 1 aromatic heterocycles. The Hall–Kier alpha value is -2.11. The second-order valence-electron chi connectivity index (χ2n) is 7.61. The Morgan fingerprint density at radius 1 is 1.04 bits per heavy atom. The maximum atomic E-state index is 12.3. The van der Waals surface area contributed by atoms with Gasteiger partial charge in [-0.2, -0.15) is 0 Å². The van der Waals surface area contributed by atoms with Crippen LogP contribution in [0.2, 0.25) is 0 Å². The number of benzene rings is 2. The van der Waals surface area contributed by atoms with Crippen LogP contribution in [0.3, 0.4) is 0 Å². The van der Waals surface area contributed by atoms with Crippen LogP contribution in [0.15, 0.2) is 40.9 Å². The quantitative estimate of drug-likeness (QED) is 0.633. The largest absolute Gasteiger partial charge is 0.355 e. The number of hydrogen-bond donors (Lipinski definition) is 2. The highest BCUT2D eigenvalue weighted by Gasteiger charge is 2.24. The first-order valence-corrected chi connectivity index (χ1v) is 10.4. The van der Waals surface area contributed by atoms with Crippen molar-refractivity contribution in [2.45, 2.75) is 32.4 Å². The lowest BCUT2D eigenvalue weighted by Gasteiger charge is -2.26. The van der Waals surface area contributed by atoms with E-state index in [0.717, 1.165) is 38.9 Å². The molecule has 5 rings (SSSR count). The Kier molecular flexibility index (Phi) is 4.29. The summed E-state index contributed by atoms with van der Waals surface area (Å²) >= 11 is 3.59. The zero-order chi connectivity index (χ0) is 18.4. The highest BCUT2D eigenvalue weighted by molar-refractivity contribution is 9.10. The van der Waals surface area contributed by atoms with Crippen LogP contribution in [-0.2, 0) is 13.1 Å². The van der Waals surface area contributed by atoms with Gasteiger partial charge in [0.25, 0.3) is 5.91 Å². The summed E-state index contributed by atoms with van der Waals surface area (Å²) in [6.07, 6.45) is 3.99. The van der Waals surface area contributed by atoms with Crippen molar-refractivity contribution < 1.29 is 4.79 Å². The Labute approximate surface area is 167 Å². The number of likely N-dealkylation sites (tertiary alicyclic amines) is 1. The average molecular weight is 424 g/mol. The SMILES string of the molecule is O=C1NCc2cc(Br)cc(-c3cc4cc(CN5CCCCC5)ccc4[nH]3)c21. The van der Waals surface area contributed by atoms with E-state index >= 15 is 0 Å². The van der Waals surface area contributed by atoms with E-state index in [4.69, 9.17) is 0 Å². The minimum Gasteiger partial charge on any atom is -0.355 e. The lowest BCUT2D eigenvalue weighted by atomic mass is 10.0. The third-order valence-electron chi connectivity index (χ3n) is 5.68. The van der Waals surface area contributed by atoms with Crippen LogP contribution in [0.25, 0.3) is 22.2 Å². The number of hydrogen-bond acceptors (Lipinski definition) is 2. The molecule has 0 bridgehead atoms. The number of nitrogens with zero attached hydrogens (tertiary/aromatic N) is 1. The first-order valence-electron chi connectivity index (χ1n) is 9.62. The van der Waals surface area contributed by atoms with Gasteiger partial charge in [0.1, 0.15) is 0 Å². The molecular weight excluding hydrogens is 402 g/mol. The number of piperidine rings is 1. The van der Waals surface area contributed by atoms with Gasteiger partial charge in [-0.15, -0.1) is 0 Å². The molecule has 27 heavy (non-hydrogen) atoms. The Morgan fingerprint density at radius 3 is 2.74 bits per heavy atom. The molecule has 2 aliphatic heterocycles. The molecule has 4 nitrogen and oxygen atoms in total. The van der Waals surface area contributed by atoms with Crippen molar-refractivity contribution in [1.82, 2.24) is 15.2 Å². The number of carbonyl (C=O) groups excluding carboxylic acids is 1. The number of H-pyrrole nitrogens is 1. The molecule has 3 heterocycles. The zero-order valence-corrected chi connectivity index (χ0v) is 16.7. The lowest BCUT2D eigenvalue weighted by molar-refractivity contribution is 0.0966. The number of aromatic amines is 1. The fourth-order valence-corrected chi connectivity index (χ4v) is 4.85. The van der Waals surface area contributed by atoms with E-state index in [1.165, 1.54) is 43.3 Å². The van der Waals surface area contributed by atoms with Crippen LogP contribution in [0.1, 0.15) is 40.7 Å². The molecule has 1 amide bonds. The molecule has 3 aromatic rings. The van der Waals surface area contributed by atoms with Gasteiger partial charge in [-0.3, -0.25) is 9.69 Å². The van der Waals surface area contributed by atoms with Crippen molar-refractivity contribution in [2.75, 3.05) is 13.1 Å². The van der Waals surface area contributed by atoms with E-state index in [1.54, 1.807) is 0 Å². The molecule has 1 saturated heterocycles. The van der Waals surface area contributed by atoms with E-state index in [1.807, 2.05) is 12.1 Å². The molecule has 0 aliphatic carbocycles. The smallest absolute Gasteiger partial charge is 0.252 e. The molecule has 1 fully saturated rings. The van der Waals surface area contributed by atoms with E-state index in [9.17, 15) is 4.79 Å². The summed E-state index contributed by atoms with van der Waals surface area (Å²) in [5.41, 5.74) is 6.26. The topological polar surface area (TPSA) is 48.1 Å². The molecule has 5 heteroatoms. The second-order valence-corrected chi connectivity index (χ2v) is 8.53. The van der Waals surface area contributed by atoms with Crippen LogP contribution >= 0.6 is 15.9 Å². The number of amides is 1. The Bertz CT molecular complexity index is 1030. The van der Waals surface area contributed by atoms with Gasteiger partial charge in [0.2, 0.25) is 0 Å². The van der Waals surface area contributed by atoms with Gasteiger partial charge in [0, 0.05) is 39.7 Å². The first kappa shape index (κ1) is 17.0. The van der Waals surface area contributed by atoms with E-state index in [-0.39, 0.29) is 5.91 Å². The van der Waals surface area contributed by atoms with Gasteiger partial charge in [-0.05, 0) is 67.4 Å². The van der Waals surface area contributed by atoms with E-state index in [2.05, 4.69) is 55.4 Å². The number of fused-ring (bicyclic) bond motifs is 2. The molecule has 0 atom stereocenters. The van der Waals surface area contributed by atoms with Crippen LogP contribution in [-0.4, -0.2) is 28.9 Å². The third-order valence-corrected chi connectivity index (χ3v) is 6.14. The summed E-state index contributed by atoms with van der Waals surface area (Å²) in [4.78, 5) is 18.4. The molecule has 0 saturated carbocycles. The molecule has 2 N–H and O–H groups in total. The molecule has 2 aromatic carbocycles. The highest BCUT2D eigenvalue weighted by Crippen LogP contribution is 2.34. The van der Waals surface area contributed by atoms with Crippen molar-refractivity contribution in [1.29, 1.82) is 0 Å². The molecule has 0 radical (unpaired) electrons. The van der Waals surface area contributed by atoms with Crippen molar-refractivity contribution in [3.05, 3.63) is 57.6 Å². The van der Waals surface area contributed by atoms with Crippen LogP contribution in [0, 0.1) is 0 Å². The van der Waals surface area contributed by atoms with Crippen molar-refractivity contribution in [2.24, 2.45) is 0 Å². The number of halogens is 1. The van der Waals surface area contributed by atoms with Crippen LogP contribution < -0.4 is 5.32 Å². The summed E-state index contributed by atoms with van der Waals surface area (Å²) in [5.74, 6) is 0.0111. The predicted octanol–water partition coefficient (Wildman–Crippen LogP) is 4.83. The standard InChI is InChI=1S/C22H22BrN3O/c23-17-9-16-12-24-22(27)21(16)18(11-17)20-10-15-8-14(4-5-19(15)25-20)13-26-6-2-1-3-7-26/h4-5,8-11,25H,1-3,6-7,12-13H2,(H,24,27). The third kappa shape index (κ3) is 3.19. The van der Waals surface area contributed by atoms with Gasteiger partial charge in [-0.1, -0.05) is 28.4 Å². The molecule has 2 aliphatic rings. The van der Waals surface area contributed by atoms with Crippen molar-refractivity contribution in [3.63, 3.8) is 0 Å². The summed E-state index contributed by atoms with van der Waals surface area (Å²) in [5, 5.41) is 4.13. The Balaban J connectivity index is 1.51. The summed E-state index contributed by atoms with van der Waals surface area (Å²) in [7, 11) is 0. The van der Waals surface area contributed by atoms with Gasteiger partial charge < -0.3 is 10.3 Å². The molecular formula is C22H22BrN3O. The van der Waals surface area contributed by atoms with E-state index in [0.29, 0.717) is 6.54 Å². The van der Waals surface area contributed by atoms with Gasteiger partial charge in [0.15, 0.2) is 0 Å². The number of nitrogens with one attached hydrogen (secondary N) is 2. The zero-order valence-electron chi connectivity index (χ0n) is 15.1. The molecule has 0 unspecified atom stereocenters. The average Bonchev–Trinajstić information content (AvgIpc) is 3.25. The predicted molar refractivity (Wildman–Crippen MR) is 112 cm³/mol. The van der Waals surface area contributed by atoms with Crippen molar-refractivity contribution in [3.8, 4) is 11.3 Å². The number of aromatic nitrogens is 1. The fourth-order valence-electron chi connectivity index (χ4n) is 4.35. The number of rotatable bonds is 3. The summed E-state index contributed by atoms with van der Waals surface area (Å²) in [6.45, 7) is 4.03. The fraction of sp³-hybridized carbons (Fsp3) is 0.318. The molecule has 0 spiro atoms. The first-order chi connectivity index (χ1) is 13.2. The minimum atomic E-state index is 0.0111. The normalized spacial score (nSPS) is 17.3. The van der Waals surface area contributed by atoms with Gasteiger partial charge in [-0.25, -0.2) is 0 Å². The maximum absolute atomic E-state index is 12.3. The second kappa shape index (κ2) is 6.80. The van der Waals surface area contributed by atoms with Gasteiger partial charge >= 0.3 is 0 Å². The highest BCUT2D eigenvalue weighted by atomic mass is 79.9. The van der Waals surface area contributed by atoms with Crippen LogP contribution in [0.4, 0.5) is 0 Å². The number of carbonyl (C=O) groups is 1. The van der Waals surface area contributed by atoms with Crippen molar-refractivity contribution >= 4 is 32.7 Å². The van der Waals surface area contributed by atoms with E-state index < -0.39 is 0 Å². The summed E-state index contributed by atoms with van der Waals surface area (Å²) in [6, 6.07) is 12.9. The van der Waals surface area contributed by atoms with Gasteiger partial charge in [0.05, 0.1) is 5.56 Å². The maximum Gasteiger partial charge on any atom is 0.252 e.